The van der Waals surface area contributed by atoms with Crippen molar-refractivity contribution in [1.82, 2.24) is 24.6 Å². The monoisotopic (exact) mass is 451 g/mol. The van der Waals surface area contributed by atoms with Gasteiger partial charge in [0.15, 0.2) is 5.82 Å². The Morgan fingerprint density at radius 1 is 1.16 bits per heavy atom. The molecule has 3 aromatic rings. The van der Waals surface area contributed by atoms with Crippen molar-refractivity contribution in [3.63, 3.8) is 0 Å². The number of piperidine rings is 1. The molecule has 5 rings (SSSR count). The average molecular weight is 452 g/mol. The van der Waals surface area contributed by atoms with Crippen molar-refractivity contribution in [3.05, 3.63) is 64.6 Å². The Balaban J connectivity index is 1.45. The van der Waals surface area contributed by atoms with Crippen LogP contribution in [0.25, 0.3) is 5.69 Å². The van der Waals surface area contributed by atoms with Crippen molar-refractivity contribution in [3.8, 4) is 11.8 Å². The summed E-state index contributed by atoms with van der Waals surface area (Å²) in [6.07, 6.45) is 3.06. The van der Waals surface area contributed by atoms with Crippen molar-refractivity contribution in [2.45, 2.75) is 44.8 Å². The fourth-order valence-electron chi connectivity index (χ4n) is 4.59. The van der Waals surface area contributed by atoms with Crippen LogP contribution in [-0.4, -0.2) is 43.8 Å². The zero-order chi connectivity index (χ0) is 22.2. The molecule has 1 fully saturated rings. The summed E-state index contributed by atoms with van der Waals surface area (Å²) in [4.78, 5) is 8.49. The highest BCUT2D eigenvalue weighted by atomic mass is 35.5. The minimum atomic E-state index is -0.326. The molecular formula is C23H23ClFN7. The van der Waals surface area contributed by atoms with Gasteiger partial charge in [-0.15, -0.1) is 10.2 Å². The summed E-state index contributed by atoms with van der Waals surface area (Å²) in [7, 11) is 0. The smallest absolute Gasteiger partial charge is 0.151 e. The number of rotatable bonds is 3. The van der Waals surface area contributed by atoms with E-state index in [9.17, 15) is 9.65 Å². The predicted octanol–water partition coefficient (Wildman–Crippen LogP) is 4.07. The van der Waals surface area contributed by atoms with Gasteiger partial charge in [0.2, 0.25) is 0 Å². The third-order valence-electron chi connectivity index (χ3n) is 6.39. The summed E-state index contributed by atoms with van der Waals surface area (Å²) in [5.41, 5.74) is 2.09. The number of nitriles is 1. The molecule has 2 aromatic heterocycles. The third-order valence-corrected chi connectivity index (χ3v) is 6.62. The zero-order valence-corrected chi connectivity index (χ0v) is 18.5. The van der Waals surface area contributed by atoms with Crippen LogP contribution in [0.3, 0.4) is 0 Å². The molecule has 0 radical (unpaired) electrons. The molecule has 0 saturated carbocycles. The second-order valence-corrected chi connectivity index (χ2v) is 8.83. The molecule has 0 amide bonds. The molecule has 2 aliphatic heterocycles. The lowest BCUT2D eigenvalue weighted by Gasteiger charge is -2.32. The molecule has 0 bridgehead atoms. The minimum absolute atomic E-state index is 0.247. The molecule has 4 heterocycles. The van der Waals surface area contributed by atoms with Crippen molar-refractivity contribution in [1.29, 1.82) is 5.26 Å². The molecule has 0 aliphatic carbocycles. The molecule has 2 aliphatic rings. The summed E-state index contributed by atoms with van der Waals surface area (Å²) in [6.45, 7) is 4.71. The molecule has 1 atom stereocenters. The van der Waals surface area contributed by atoms with E-state index in [1.54, 1.807) is 6.07 Å². The van der Waals surface area contributed by atoms with Crippen molar-refractivity contribution >= 4 is 17.4 Å². The van der Waals surface area contributed by atoms with E-state index in [4.69, 9.17) is 11.6 Å². The Hall–Kier alpha value is -3.02. The largest absolute Gasteiger partial charge is 0.357 e. The lowest BCUT2D eigenvalue weighted by atomic mass is 9.95. The summed E-state index contributed by atoms with van der Waals surface area (Å²) >= 11 is 6.31. The van der Waals surface area contributed by atoms with Crippen molar-refractivity contribution in [2.24, 2.45) is 0 Å². The number of pyridine rings is 1. The maximum atomic E-state index is 13.2. The van der Waals surface area contributed by atoms with Gasteiger partial charge in [-0.05, 0) is 55.7 Å². The van der Waals surface area contributed by atoms with E-state index in [0.717, 1.165) is 54.6 Å². The number of halogens is 2. The molecular weight excluding hydrogens is 429 g/mol. The normalized spacial score (nSPS) is 17.9. The van der Waals surface area contributed by atoms with Gasteiger partial charge in [-0.3, -0.25) is 9.47 Å². The topological polar surface area (TPSA) is 73.9 Å². The Morgan fingerprint density at radius 3 is 2.69 bits per heavy atom. The van der Waals surface area contributed by atoms with Crippen LogP contribution >= 0.6 is 11.6 Å². The van der Waals surface area contributed by atoms with Gasteiger partial charge in [0.1, 0.15) is 17.5 Å². The first-order valence-electron chi connectivity index (χ1n) is 10.8. The van der Waals surface area contributed by atoms with Crippen LogP contribution in [0.5, 0.6) is 0 Å². The first-order chi connectivity index (χ1) is 15.5. The van der Waals surface area contributed by atoms with Crippen LogP contribution in [0.4, 0.5) is 10.2 Å². The molecule has 1 unspecified atom stereocenters. The molecule has 9 heteroatoms. The van der Waals surface area contributed by atoms with Gasteiger partial charge in [-0.25, -0.2) is 9.37 Å². The van der Waals surface area contributed by atoms with Crippen LogP contribution in [0, 0.1) is 17.1 Å². The van der Waals surface area contributed by atoms with Crippen LogP contribution in [-0.2, 0) is 13.1 Å². The van der Waals surface area contributed by atoms with Gasteiger partial charge in [-0.2, -0.15) is 5.26 Å². The Labute approximate surface area is 191 Å². The number of aromatic nitrogens is 4. The number of nitrogens with zero attached hydrogens (tertiary/aromatic N) is 7. The molecule has 1 saturated heterocycles. The number of hydrogen-bond donors (Lipinski definition) is 0. The number of hydrogen-bond acceptors (Lipinski definition) is 6. The summed E-state index contributed by atoms with van der Waals surface area (Å²) < 4.78 is 15.4. The van der Waals surface area contributed by atoms with Gasteiger partial charge >= 0.3 is 0 Å². The van der Waals surface area contributed by atoms with E-state index in [1.165, 1.54) is 12.3 Å². The first-order valence-corrected chi connectivity index (χ1v) is 11.1. The van der Waals surface area contributed by atoms with Gasteiger partial charge in [-0.1, -0.05) is 11.6 Å². The minimum Gasteiger partial charge on any atom is -0.357 e. The van der Waals surface area contributed by atoms with Crippen molar-refractivity contribution in [2.75, 3.05) is 18.0 Å². The second-order valence-electron chi connectivity index (χ2n) is 8.39. The molecule has 32 heavy (non-hydrogen) atoms. The van der Waals surface area contributed by atoms with Gasteiger partial charge in [0, 0.05) is 30.6 Å². The first kappa shape index (κ1) is 20.9. The average Bonchev–Trinajstić information content (AvgIpc) is 3.15. The number of benzene rings is 1. The zero-order valence-electron chi connectivity index (χ0n) is 17.7. The predicted molar refractivity (Wildman–Crippen MR) is 119 cm³/mol. The highest BCUT2D eigenvalue weighted by Gasteiger charge is 2.31. The maximum Gasteiger partial charge on any atom is 0.151 e. The molecule has 0 spiro atoms. The van der Waals surface area contributed by atoms with E-state index in [-0.39, 0.29) is 17.8 Å². The fourth-order valence-corrected chi connectivity index (χ4v) is 4.79. The molecule has 0 N–H and O–H groups in total. The fraction of sp³-hybridized carbons (Fsp3) is 0.391. The van der Waals surface area contributed by atoms with Crippen LogP contribution in [0.1, 0.15) is 42.9 Å². The number of fused-ring (bicyclic) bond motifs is 3. The Kier molecular flexibility index (Phi) is 5.53. The van der Waals surface area contributed by atoms with Crippen molar-refractivity contribution < 1.29 is 4.39 Å². The molecule has 7 nitrogen and oxygen atoms in total. The summed E-state index contributed by atoms with van der Waals surface area (Å²) in [5, 5.41) is 19.3. The summed E-state index contributed by atoms with van der Waals surface area (Å²) in [5.74, 6) is 2.50. The maximum absolute atomic E-state index is 13.2. The quantitative estimate of drug-likeness (QED) is 0.597. The van der Waals surface area contributed by atoms with E-state index < -0.39 is 0 Å². The molecule has 1 aromatic carbocycles. The Morgan fingerprint density at radius 2 is 1.97 bits per heavy atom. The van der Waals surface area contributed by atoms with Gasteiger partial charge in [0.05, 0.1) is 30.5 Å². The standard InChI is InChI=1S/C23H23ClFN7/c1-15(11-26)31-13-17-10-18(24)2-4-20(17)32-22(14-31)28-29-23(32)16-6-8-30(9-7-16)21-5-3-19(25)12-27-21/h2-5,10,12,15-16H,6-9,13-14H2,1H3. The van der Waals surface area contributed by atoms with E-state index in [0.29, 0.717) is 18.1 Å². The second kappa shape index (κ2) is 8.49. The van der Waals surface area contributed by atoms with E-state index >= 15 is 0 Å². The summed E-state index contributed by atoms with van der Waals surface area (Å²) in [6, 6.07) is 11.1. The Bertz CT molecular complexity index is 1160. The molecule has 164 valence electrons. The van der Waals surface area contributed by atoms with E-state index in [1.807, 2.05) is 25.1 Å². The lowest BCUT2D eigenvalue weighted by molar-refractivity contribution is 0.225. The highest BCUT2D eigenvalue weighted by molar-refractivity contribution is 6.30. The lowest BCUT2D eigenvalue weighted by Crippen LogP contribution is -2.34. The van der Waals surface area contributed by atoms with Gasteiger partial charge < -0.3 is 4.90 Å². The third kappa shape index (κ3) is 3.83. The van der Waals surface area contributed by atoms with Crippen LogP contribution < -0.4 is 4.90 Å². The highest BCUT2D eigenvalue weighted by Crippen LogP contribution is 2.34. The van der Waals surface area contributed by atoms with Crippen LogP contribution in [0.15, 0.2) is 36.5 Å². The van der Waals surface area contributed by atoms with Gasteiger partial charge in [0.25, 0.3) is 0 Å². The van der Waals surface area contributed by atoms with Crippen LogP contribution in [0.2, 0.25) is 5.02 Å². The van der Waals surface area contributed by atoms with E-state index in [2.05, 4.69) is 35.6 Å². The SMILES string of the molecule is CC(C#N)N1Cc2cc(Cl)ccc2-n2c(nnc2C2CCN(c3ccc(F)cn3)CC2)C1. The number of anilines is 1.